The van der Waals surface area contributed by atoms with E-state index >= 15 is 0 Å². The summed E-state index contributed by atoms with van der Waals surface area (Å²) in [5, 5.41) is 1.44. The Kier molecular flexibility index (Phi) is 4.10. The van der Waals surface area contributed by atoms with Crippen molar-refractivity contribution in [2.75, 3.05) is 0 Å². The van der Waals surface area contributed by atoms with Crippen LogP contribution in [0.3, 0.4) is 0 Å². The Morgan fingerprint density at radius 1 is 1.29 bits per heavy atom. The molecule has 7 heteroatoms. The maximum absolute atomic E-state index is 13.1. The highest BCUT2D eigenvalue weighted by molar-refractivity contribution is 7.18. The van der Waals surface area contributed by atoms with Gasteiger partial charge in [-0.1, -0.05) is 18.0 Å². The van der Waals surface area contributed by atoms with Crippen LogP contribution >= 0.6 is 22.9 Å². The topological polar surface area (TPSA) is 55.2 Å². The first-order valence-corrected chi connectivity index (χ1v) is 10.7. The third-order valence-corrected chi connectivity index (χ3v) is 7.74. The second kappa shape index (κ2) is 6.42. The van der Waals surface area contributed by atoms with E-state index in [1.807, 2.05) is 25.1 Å². The van der Waals surface area contributed by atoms with E-state index in [2.05, 4.69) is 0 Å². The molecule has 5 rings (SSSR count). The molecule has 0 unspecified atom stereocenters. The van der Waals surface area contributed by atoms with Gasteiger partial charge in [0, 0.05) is 30.8 Å². The van der Waals surface area contributed by atoms with E-state index < -0.39 is 0 Å². The van der Waals surface area contributed by atoms with Crippen LogP contribution in [0.15, 0.2) is 23.0 Å². The molecule has 1 aliphatic heterocycles. The van der Waals surface area contributed by atoms with Crippen molar-refractivity contribution < 1.29 is 4.79 Å². The summed E-state index contributed by atoms with van der Waals surface area (Å²) in [6, 6.07) is 5.76. The summed E-state index contributed by atoms with van der Waals surface area (Å²) >= 11 is 7.89. The number of benzene rings is 1. The standard InChI is InChI=1S/C21H20ClN3O2S/c1-11-14-9-25(10-16(14)24(2)21(27)18(11)22)20(26)13-6-7-15-17(8-13)28-19(23-15)12-4-3-5-12/h6-8,12H,3-5,9-10H2,1-2H3. The van der Waals surface area contributed by atoms with Crippen molar-refractivity contribution >= 4 is 39.1 Å². The van der Waals surface area contributed by atoms with E-state index in [4.69, 9.17) is 16.6 Å². The summed E-state index contributed by atoms with van der Waals surface area (Å²) in [5.41, 5.74) is 4.05. The molecule has 1 amide bonds. The zero-order valence-corrected chi connectivity index (χ0v) is 17.4. The highest BCUT2D eigenvalue weighted by Crippen LogP contribution is 2.40. The first-order chi connectivity index (χ1) is 13.4. The van der Waals surface area contributed by atoms with E-state index in [0.29, 0.717) is 24.6 Å². The number of hydrogen-bond donors (Lipinski definition) is 0. The van der Waals surface area contributed by atoms with Crippen molar-refractivity contribution in [1.29, 1.82) is 0 Å². The summed E-state index contributed by atoms with van der Waals surface area (Å²) in [7, 11) is 1.71. The predicted octanol–water partition coefficient (Wildman–Crippen LogP) is 4.38. The lowest BCUT2D eigenvalue weighted by molar-refractivity contribution is 0.0749. The molecule has 2 aliphatic rings. The lowest BCUT2D eigenvalue weighted by Crippen LogP contribution is -2.26. The van der Waals surface area contributed by atoms with Gasteiger partial charge in [-0.3, -0.25) is 9.59 Å². The van der Waals surface area contributed by atoms with Gasteiger partial charge in [-0.25, -0.2) is 4.98 Å². The van der Waals surface area contributed by atoms with Crippen molar-refractivity contribution in [3.8, 4) is 0 Å². The van der Waals surface area contributed by atoms with Gasteiger partial charge in [-0.15, -0.1) is 11.3 Å². The first-order valence-electron chi connectivity index (χ1n) is 9.50. The monoisotopic (exact) mass is 413 g/mol. The van der Waals surface area contributed by atoms with Gasteiger partial charge >= 0.3 is 0 Å². The fourth-order valence-corrected chi connectivity index (χ4v) is 5.47. The average Bonchev–Trinajstić information content (AvgIpc) is 3.26. The number of fused-ring (bicyclic) bond motifs is 2. The van der Waals surface area contributed by atoms with E-state index in [1.54, 1.807) is 27.9 Å². The molecular formula is C21H20ClN3O2S. The van der Waals surface area contributed by atoms with Gasteiger partial charge in [0.2, 0.25) is 0 Å². The fourth-order valence-electron chi connectivity index (χ4n) is 4.05. The number of hydrogen-bond acceptors (Lipinski definition) is 4. The van der Waals surface area contributed by atoms with Gasteiger partial charge in [0.1, 0.15) is 5.02 Å². The first kappa shape index (κ1) is 17.9. The van der Waals surface area contributed by atoms with E-state index in [1.165, 1.54) is 24.3 Å². The molecule has 0 radical (unpaired) electrons. The highest BCUT2D eigenvalue weighted by atomic mass is 35.5. The van der Waals surface area contributed by atoms with Gasteiger partial charge < -0.3 is 9.47 Å². The van der Waals surface area contributed by atoms with Crippen LogP contribution in [0, 0.1) is 6.92 Å². The molecule has 1 aromatic carbocycles. The minimum atomic E-state index is -0.207. The summed E-state index contributed by atoms with van der Waals surface area (Å²) in [6.07, 6.45) is 3.72. The molecule has 1 aliphatic carbocycles. The smallest absolute Gasteiger partial charge is 0.269 e. The molecule has 144 valence electrons. The van der Waals surface area contributed by atoms with E-state index in [-0.39, 0.29) is 16.5 Å². The Morgan fingerprint density at radius 3 is 2.79 bits per heavy atom. The highest BCUT2D eigenvalue weighted by Gasteiger charge is 2.30. The normalized spacial score (nSPS) is 16.5. The van der Waals surface area contributed by atoms with Crippen LogP contribution in [0.5, 0.6) is 0 Å². The number of rotatable bonds is 2. The summed E-state index contributed by atoms with van der Waals surface area (Å²) in [5.74, 6) is 0.568. The molecule has 2 aromatic heterocycles. The Morgan fingerprint density at radius 2 is 2.07 bits per heavy atom. The van der Waals surface area contributed by atoms with Gasteiger partial charge in [0.25, 0.3) is 11.5 Å². The van der Waals surface area contributed by atoms with Crippen LogP contribution < -0.4 is 5.56 Å². The summed E-state index contributed by atoms with van der Waals surface area (Å²) < 4.78 is 2.63. The summed E-state index contributed by atoms with van der Waals surface area (Å²) in [4.78, 5) is 31.9. The average molecular weight is 414 g/mol. The number of carbonyl (C=O) groups is 1. The number of halogens is 1. The van der Waals surface area contributed by atoms with Crippen LogP contribution in [0.4, 0.5) is 0 Å². The molecule has 1 fully saturated rings. The van der Waals surface area contributed by atoms with Crippen LogP contribution in [-0.4, -0.2) is 20.4 Å². The van der Waals surface area contributed by atoms with E-state index in [9.17, 15) is 9.59 Å². The zero-order valence-electron chi connectivity index (χ0n) is 15.8. The molecule has 3 heterocycles. The molecule has 0 spiro atoms. The fraction of sp³-hybridized carbons (Fsp3) is 0.381. The minimum absolute atomic E-state index is 0.0281. The van der Waals surface area contributed by atoms with Crippen molar-refractivity contribution in [2.45, 2.75) is 45.2 Å². The van der Waals surface area contributed by atoms with Crippen LogP contribution in [0.2, 0.25) is 5.02 Å². The maximum atomic E-state index is 13.1. The number of carbonyl (C=O) groups excluding carboxylic acids is 1. The Hall–Kier alpha value is -2.18. The van der Waals surface area contributed by atoms with Crippen LogP contribution in [0.1, 0.15) is 57.4 Å². The Balaban J connectivity index is 1.46. The molecule has 3 aromatic rings. The Bertz CT molecular complexity index is 1190. The van der Waals surface area contributed by atoms with Gasteiger partial charge in [-0.05, 0) is 49.1 Å². The quantitative estimate of drug-likeness (QED) is 0.626. The third kappa shape index (κ3) is 2.62. The largest absolute Gasteiger partial charge is 0.328 e. The molecule has 0 atom stereocenters. The van der Waals surface area contributed by atoms with Crippen molar-refractivity contribution in [2.24, 2.45) is 7.05 Å². The van der Waals surface area contributed by atoms with Crippen LogP contribution in [0.25, 0.3) is 10.2 Å². The van der Waals surface area contributed by atoms with Crippen molar-refractivity contribution in [3.05, 3.63) is 61.0 Å². The molecule has 5 nitrogen and oxygen atoms in total. The number of thiazole rings is 1. The van der Waals surface area contributed by atoms with Crippen molar-refractivity contribution in [3.63, 3.8) is 0 Å². The number of pyridine rings is 1. The lowest BCUT2D eigenvalue weighted by Gasteiger charge is -2.22. The molecule has 28 heavy (non-hydrogen) atoms. The van der Waals surface area contributed by atoms with Gasteiger partial charge in [0.05, 0.1) is 21.8 Å². The second-order valence-electron chi connectivity index (χ2n) is 7.75. The molecule has 0 bridgehead atoms. The summed E-state index contributed by atoms with van der Waals surface area (Å²) in [6.45, 7) is 2.75. The maximum Gasteiger partial charge on any atom is 0.269 e. The number of nitrogens with zero attached hydrogens (tertiary/aromatic N) is 3. The SMILES string of the molecule is Cc1c2c(n(C)c(=O)c1Cl)CN(C(=O)c1ccc3nc(C4CCC4)sc3c1)C2. The molecule has 0 N–H and O–H groups in total. The molecular weight excluding hydrogens is 394 g/mol. The minimum Gasteiger partial charge on any atom is -0.328 e. The van der Waals surface area contributed by atoms with Gasteiger partial charge in [-0.2, -0.15) is 0 Å². The van der Waals surface area contributed by atoms with Crippen LogP contribution in [-0.2, 0) is 20.1 Å². The van der Waals surface area contributed by atoms with Crippen molar-refractivity contribution in [1.82, 2.24) is 14.5 Å². The number of amides is 1. The Labute approximate surface area is 171 Å². The third-order valence-electron chi connectivity index (χ3n) is 6.11. The predicted molar refractivity (Wildman–Crippen MR) is 111 cm³/mol. The van der Waals surface area contributed by atoms with E-state index in [0.717, 1.165) is 27.0 Å². The molecule has 0 saturated heterocycles. The number of aromatic nitrogens is 2. The molecule has 1 saturated carbocycles. The lowest BCUT2D eigenvalue weighted by atomic mass is 9.86. The van der Waals surface area contributed by atoms with Gasteiger partial charge in [0.15, 0.2) is 0 Å². The zero-order chi connectivity index (χ0) is 19.6. The second-order valence-corrected chi connectivity index (χ2v) is 9.19.